The number of carbonyl (C=O) groups is 1. The summed E-state index contributed by atoms with van der Waals surface area (Å²) in [5.74, 6) is 0.146. The van der Waals surface area contributed by atoms with Gasteiger partial charge in [0.1, 0.15) is 11.3 Å². The summed E-state index contributed by atoms with van der Waals surface area (Å²) in [5, 5.41) is 3.63. The van der Waals surface area contributed by atoms with Gasteiger partial charge in [0.15, 0.2) is 0 Å². The third kappa shape index (κ3) is 3.44. The van der Waals surface area contributed by atoms with Crippen LogP contribution in [0, 0.1) is 0 Å². The second-order valence-electron chi connectivity index (χ2n) is 6.22. The summed E-state index contributed by atoms with van der Waals surface area (Å²) < 4.78 is 7.05. The van der Waals surface area contributed by atoms with Crippen LogP contribution in [0.3, 0.4) is 0 Å². The van der Waals surface area contributed by atoms with E-state index in [-0.39, 0.29) is 17.0 Å². The van der Waals surface area contributed by atoms with E-state index in [9.17, 15) is 9.59 Å². The largest absolute Gasteiger partial charge is 0.497 e. The van der Waals surface area contributed by atoms with E-state index in [4.69, 9.17) is 16.3 Å². The molecule has 0 aliphatic rings. The predicted molar refractivity (Wildman–Crippen MR) is 105 cm³/mol. The van der Waals surface area contributed by atoms with Gasteiger partial charge in [-0.3, -0.25) is 9.59 Å². The minimum Gasteiger partial charge on any atom is -0.497 e. The number of amides is 1. The predicted octanol–water partition coefficient (Wildman–Crippen LogP) is 4.50. The van der Waals surface area contributed by atoms with Crippen LogP contribution in [0.15, 0.2) is 53.5 Å². The molecule has 0 radical (unpaired) electrons. The van der Waals surface area contributed by atoms with E-state index >= 15 is 0 Å². The standard InChI is InChI=1S/C20H19ClN2O3/c1-12(2)23-11-17(19(24)16-9-13(21)7-8-18(16)23)20(25)22-14-5-4-6-15(10-14)26-3/h4-12H,1-3H3,(H,22,25). The highest BCUT2D eigenvalue weighted by molar-refractivity contribution is 6.31. The zero-order valence-electron chi connectivity index (χ0n) is 14.7. The fraction of sp³-hybridized carbons (Fsp3) is 0.200. The molecule has 3 aromatic rings. The van der Waals surface area contributed by atoms with Gasteiger partial charge in [-0.1, -0.05) is 17.7 Å². The lowest BCUT2D eigenvalue weighted by atomic mass is 10.1. The Bertz CT molecular complexity index is 1040. The number of hydrogen-bond acceptors (Lipinski definition) is 3. The van der Waals surface area contributed by atoms with Crippen molar-refractivity contribution < 1.29 is 9.53 Å². The van der Waals surface area contributed by atoms with Crippen molar-refractivity contribution in [2.75, 3.05) is 12.4 Å². The summed E-state index contributed by atoms with van der Waals surface area (Å²) in [7, 11) is 1.55. The Labute approximate surface area is 156 Å². The maximum atomic E-state index is 12.9. The highest BCUT2D eigenvalue weighted by atomic mass is 35.5. The minimum absolute atomic E-state index is 0.0660. The Hall–Kier alpha value is -2.79. The number of anilines is 1. The third-order valence-corrected chi connectivity index (χ3v) is 4.36. The van der Waals surface area contributed by atoms with Crippen molar-refractivity contribution in [3.05, 3.63) is 69.5 Å². The molecule has 0 fully saturated rings. The number of fused-ring (bicyclic) bond motifs is 1. The average Bonchev–Trinajstić information content (AvgIpc) is 2.62. The van der Waals surface area contributed by atoms with Gasteiger partial charge in [0.2, 0.25) is 5.43 Å². The van der Waals surface area contributed by atoms with Gasteiger partial charge >= 0.3 is 0 Å². The molecule has 1 heterocycles. The van der Waals surface area contributed by atoms with E-state index in [0.29, 0.717) is 21.8 Å². The molecule has 0 saturated heterocycles. The Kier molecular flexibility index (Phi) is 5.00. The third-order valence-electron chi connectivity index (χ3n) is 4.12. The van der Waals surface area contributed by atoms with Crippen LogP contribution in [0.4, 0.5) is 5.69 Å². The number of rotatable bonds is 4. The van der Waals surface area contributed by atoms with Crippen LogP contribution in [-0.4, -0.2) is 17.6 Å². The highest BCUT2D eigenvalue weighted by Gasteiger charge is 2.17. The number of nitrogens with zero attached hydrogens (tertiary/aromatic N) is 1. The van der Waals surface area contributed by atoms with Crippen molar-refractivity contribution in [2.24, 2.45) is 0 Å². The molecule has 0 bridgehead atoms. The van der Waals surface area contributed by atoms with E-state index < -0.39 is 5.91 Å². The minimum atomic E-state index is -0.473. The van der Waals surface area contributed by atoms with E-state index in [1.54, 1.807) is 55.8 Å². The van der Waals surface area contributed by atoms with Crippen LogP contribution in [0.1, 0.15) is 30.2 Å². The van der Waals surface area contributed by atoms with Gasteiger partial charge in [-0.25, -0.2) is 0 Å². The Morgan fingerprint density at radius 1 is 1.19 bits per heavy atom. The lowest BCUT2D eigenvalue weighted by Crippen LogP contribution is -2.24. The molecule has 0 atom stereocenters. The van der Waals surface area contributed by atoms with E-state index in [1.807, 2.05) is 18.4 Å². The van der Waals surface area contributed by atoms with Gasteiger partial charge in [0.25, 0.3) is 5.91 Å². The van der Waals surface area contributed by atoms with Crippen molar-refractivity contribution in [3.8, 4) is 5.75 Å². The molecule has 5 nitrogen and oxygen atoms in total. The number of methoxy groups -OCH3 is 1. The molecule has 1 aromatic heterocycles. The van der Waals surface area contributed by atoms with Crippen LogP contribution in [0.5, 0.6) is 5.75 Å². The Morgan fingerprint density at radius 2 is 1.96 bits per heavy atom. The highest BCUT2D eigenvalue weighted by Crippen LogP contribution is 2.22. The first-order valence-corrected chi connectivity index (χ1v) is 8.58. The van der Waals surface area contributed by atoms with Crippen LogP contribution in [0.25, 0.3) is 10.9 Å². The first-order valence-electron chi connectivity index (χ1n) is 8.20. The molecule has 134 valence electrons. The zero-order chi connectivity index (χ0) is 18.8. The molecular formula is C20H19ClN2O3. The number of carbonyl (C=O) groups excluding carboxylic acids is 1. The second kappa shape index (κ2) is 7.22. The zero-order valence-corrected chi connectivity index (χ0v) is 15.5. The Balaban J connectivity index is 2.10. The number of pyridine rings is 1. The van der Waals surface area contributed by atoms with Gasteiger partial charge in [-0.2, -0.15) is 0 Å². The van der Waals surface area contributed by atoms with E-state index in [2.05, 4.69) is 5.32 Å². The molecule has 1 amide bonds. The number of ether oxygens (including phenoxy) is 1. The first kappa shape index (κ1) is 18.0. The number of halogens is 1. The molecule has 26 heavy (non-hydrogen) atoms. The summed E-state index contributed by atoms with van der Waals surface area (Å²) >= 11 is 6.06. The van der Waals surface area contributed by atoms with Crippen LogP contribution < -0.4 is 15.5 Å². The molecule has 6 heteroatoms. The average molecular weight is 371 g/mol. The van der Waals surface area contributed by atoms with Gasteiger partial charge in [0, 0.05) is 34.4 Å². The quantitative estimate of drug-likeness (QED) is 0.735. The molecule has 0 saturated carbocycles. The maximum Gasteiger partial charge on any atom is 0.261 e. The number of benzene rings is 2. The monoisotopic (exact) mass is 370 g/mol. The molecular weight excluding hydrogens is 352 g/mol. The summed E-state index contributed by atoms with van der Waals surface area (Å²) in [6, 6.07) is 12.2. The summed E-state index contributed by atoms with van der Waals surface area (Å²) in [4.78, 5) is 25.6. The molecule has 1 N–H and O–H groups in total. The summed E-state index contributed by atoms with van der Waals surface area (Å²) in [6.07, 6.45) is 1.60. The lowest BCUT2D eigenvalue weighted by Gasteiger charge is -2.17. The van der Waals surface area contributed by atoms with Gasteiger partial charge in [-0.15, -0.1) is 0 Å². The maximum absolute atomic E-state index is 12.9. The van der Waals surface area contributed by atoms with Crippen LogP contribution >= 0.6 is 11.6 Å². The SMILES string of the molecule is COc1cccc(NC(=O)c2cn(C(C)C)c3ccc(Cl)cc3c2=O)c1. The van der Waals surface area contributed by atoms with Crippen molar-refractivity contribution in [3.63, 3.8) is 0 Å². The molecule has 0 aliphatic carbocycles. The lowest BCUT2D eigenvalue weighted by molar-refractivity contribution is 0.102. The van der Waals surface area contributed by atoms with Crippen LogP contribution in [-0.2, 0) is 0 Å². The van der Waals surface area contributed by atoms with Gasteiger partial charge in [0.05, 0.1) is 12.6 Å². The van der Waals surface area contributed by atoms with Crippen molar-refractivity contribution >= 4 is 34.1 Å². The topological polar surface area (TPSA) is 60.3 Å². The molecule has 0 aliphatic heterocycles. The number of hydrogen-bond donors (Lipinski definition) is 1. The molecule has 0 unspecified atom stereocenters. The summed E-state index contributed by atoms with van der Waals surface area (Å²) in [6.45, 7) is 3.98. The first-order chi connectivity index (χ1) is 12.4. The van der Waals surface area contributed by atoms with Crippen LogP contribution in [0.2, 0.25) is 5.02 Å². The smallest absolute Gasteiger partial charge is 0.261 e. The second-order valence-corrected chi connectivity index (χ2v) is 6.66. The van der Waals surface area contributed by atoms with Crippen molar-refractivity contribution in [1.82, 2.24) is 4.57 Å². The molecule has 2 aromatic carbocycles. The van der Waals surface area contributed by atoms with Gasteiger partial charge in [-0.05, 0) is 44.2 Å². The fourth-order valence-corrected chi connectivity index (χ4v) is 2.99. The Morgan fingerprint density at radius 3 is 2.65 bits per heavy atom. The molecule has 3 rings (SSSR count). The van der Waals surface area contributed by atoms with E-state index in [0.717, 1.165) is 5.52 Å². The number of nitrogens with one attached hydrogen (secondary N) is 1. The van der Waals surface area contributed by atoms with Crippen molar-refractivity contribution in [1.29, 1.82) is 0 Å². The summed E-state index contributed by atoms with van der Waals surface area (Å²) in [5.41, 5.74) is 1.01. The van der Waals surface area contributed by atoms with E-state index in [1.165, 1.54) is 0 Å². The molecule has 0 spiro atoms. The van der Waals surface area contributed by atoms with Gasteiger partial charge < -0.3 is 14.6 Å². The number of aromatic nitrogens is 1. The van der Waals surface area contributed by atoms with Crippen molar-refractivity contribution in [2.45, 2.75) is 19.9 Å². The fourth-order valence-electron chi connectivity index (χ4n) is 2.82. The normalized spacial score (nSPS) is 11.0.